The number of ether oxygens (including phenoxy) is 1. The topological polar surface area (TPSA) is 42.4 Å². The molecule has 152 valence electrons. The first kappa shape index (κ1) is 21.7. The Hall–Kier alpha value is -1.63. The number of hydrogen-bond acceptors (Lipinski definition) is 4. The summed E-state index contributed by atoms with van der Waals surface area (Å²) in [5, 5.41) is 0. The number of ketones is 1. The second-order valence-corrected chi connectivity index (χ2v) is 8.28. The smallest absolute Gasteiger partial charge is 0.421 e. The summed E-state index contributed by atoms with van der Waals surface area (Å²) < 4.78 is 44.4. The number of halogens is 3. The van der Waals surface area contributed by atoms with Crippen molar-refractivity contribution >= 4 is 5.78 Å². The third-order valence-corrected chi connectivity index (χ3v) is 5.43. The molecular formula is C20H29F3N2O2. The van der Waals surface area contributed by atoms with Crippen LogP contribution < -0.4 is 4.74 Å². The van der Waals surface area contributed by atoms with Gasteiger partial charge in [-0.2, -0.15) is 13.2 Å². The van der Waals surface area contributed by atoms with E-state index in [1.54, 1.807) is 13.8 Å². The van der Waals surface area contributed by atoms with Crippen LogP contribution in [0.1, 0.15) is 45.6 Å². The molecule has 0 bridgehead atoms. The number of likely N-dealkylation sites (tertiary alicyclic amines) is 1. The molecule has 0 aromatic carbocycles. The summed E-state index contributed by atoms with van der Waals surface area (Å²) in [6.45, 7) is 7.57. The number of rotatable bonds is 7. The first-order chi connectivity index (χ1) is 12.5. The fourth-order valence-electron chi connectivity index (χ4n) is 3.54. The van der Waals surface area contributed by atoms with Gasteiger partial charge in [0.15, 0.2) is 0 Å². The summed E-state index contributed by atoms with van der Waals surface area (Å²) in [5.74, 6) is 0.584. The lowest BCUT2D eigenvalue weighted by molar-refractivity contribution is -0.139. The van der Waals surface area contributed by atoms with Crippen molar-refractivity contribution in [3.05, 3.63) is 23.9 Å². The minimum Gasteiger partial charge on any atom is -0.476 e. The molecule has 0 radical (unpaired) electrons. The van der Waals surface area contributed by atoms with Crippen LogP contribution in [0, 0.1) is 17.3 Å². The molecule has 1 fully saturated rings. The van der Waals surface area contributed by atoms with Gasteiger partial charge in [-0.3, -0.25) is 4.79 Å². The largest absolute Gasteiger partial charge is 0.476 e. The maximum Gasteiger partial charge on any atom is 0.421 e. The minimum absolute atomic E-state index is 0.0121. The van der Waals surface area contributed by atoms with Gasteiger partial charge in [0.05, 0.1) is 5.41 Å². The molecule has 1 aromatic heterocycles. The normalized spacial score (nSPS) is 21.9. The van der Waals surface area contributed by atoms with E-state index in [9.17, 15) is 18.0 Å². The lowest BCUT2D eigenvalue weighted by Crippen LogP contribution is -2.37. The van der Waals surface area contributed by atoms with Crippen molar-refractivity contribution in [2.45, 2.75) is 46.2 Å². The van der Waals surface area contributed by atoms with Crippen molar-refractivity contribution < 1.29 is 22.7 Å². The van der Waals surface area contributed by atoms with Crippen molar-refractivity contribution in [2.24, 2.45) is 17.3 Å². The van der Waals surface area contributed by atoms with Gasteiger partial charge < -0.3 is 9.64 Å². The molecule has 0 aliphatic carbocycles. The molecule has 4 nitrogen and oxygen atoms in total. The zero-order valence-electron chi connectivity index (χ0n) is 16.5. The minimum atomic E-state index is -4.54. The van der Waals surface area contributed by atoms with Gasteiger partial charge in [-0.25, -0.2) is 4.98 Å². The number of carbonyl (C=O) groups excluding carboxylic acids is 1. The number of nitrogens with zero attached hydrogens (tertiary/aromatic N) is 2. The Bertz CT molecular complexity index is 646. The average molecular weight is 386 g/mol. The standard InChI is InChI=1S/C20H29F3N2O2/c1-14-12-25(4)11-9-15(14)7-8-17(26)19(2,3)13-27-18-16(20(21,22)23)6-5-10-24-18/h5-6,10,14-15H,7-9,11-13H2,1-4H3/t14-,15+/m1/s1. The van der Waals surface area contributed by atoms with Gasteiger partial charge in [0.2, 0.25) is 5.88 Å². The number of Topliss-reactive ketones (excluding diaryl/α,β-unsaturated/α-hetero) is 1. The molecule has 1 aliphatic rings. The maximum atomic E-state index is 13.0. The van der Waals surface area contributed by atoms with E-state index in [0.29, 0.717) is 18.3 Å². The van der Waals surface area contributed by atoms with Crippen molar-refractivity contribution in [1.82, 2.24) is 9.88 Å². The van der Waals surface area contributed by atoms with Gasteiger partial charge in [0, 0.05) is 19.2 Å². The molecule has 2 heterocycles. The zero-order valence-corrected chi connectivity index (χ0v) is 16.5. The fraction of sp³-hybridized carbons (Fsp3) is 0.700. The van der Waals surface area contributed by atoms with E-state index >= 15 is 0 Å². The molecule has 0 saturated carbocycles. The predicted molar refractivity (Wildman–Crippen MR) is 97.5 cm³/mol. The predicted octanol–water partition coefficient (Wildman–Crippen LogP) is 4.44. The van der Waals surface area contributed by atoms with Crippen LogP contribution in [0.15, 0.2) is 18.3 Å². The van der Waals surface area contributed by atoms with Gasteiger partial charge in [-0.15, -0.1) is 0 Å². The molecule has 2 atom stereocenters. The Kier molecular flexibility index (Phi) is 6.89. The Labute approximate surface area is 159 Å². The Morgan fingerprint density at radius 2 is 2.07 bits per heavy atom. The van der Waals surface area contributed by atoms with Gasteiger partial charge in [0.1, 0.15) is 18.0 Å². The summed E-state index contributed by atoms with van der Waals surface area (Å²) in [5.41, 5.74) is -1.79. The van der Waals surface area contributed by atoms with E-state index in [1.165, 1.54) is 12.3 Å². The lowest BCUT2D eigenvalue weighted by Gasteiger charge is -2.35. The first-order valence-corrected chi connectivity index (χ1v) is 9.37. The number of hydrogen-bond donors (Lipinski definition) is 0. The highest BCUT2D eigenvalue weighted by molar-refractivity contribution is 5.84. The Balaban J connectivity index is 1.92. The number of piperidine rings is 1. The second-order valence-electron chi connectivity index (χ2n) is 8.28. The van der Waals surface area contributed by atoms with Crippen molar-refractivity contribution in [2.75, 3.05) is 26.7 Å². The van der Waals surface area contributed by atoms with Crippen LogP contribution >= 0.6 is 0 Å². The van der Waals surface area contributed by atoms with Crippen molar-refractivity contribution in [3.63, 3.8) is 0 Å². The summed E-state index contributed by atoms with van der Waals surface area (Å²) in [4.78, 5) is 18.6. The third-order valence-electron chi connectivity index (χ3n) is 5.43. The van der Waals surface area contributed by atoms with E-state index in [0.717, 1.165) is 32.0 Å². The Morgan fingerprint density at radius 3 is 2.70 bits per heavy atom. The third kappa shape index (κ3) is 5.92. The van der Waals surface area contributed by atoms with Gasteiger partial charge in [-0.05, 0) is 64.3 Å². The van der Waals surface area contributed by atoms with Crippen LogP contribution in [0.2, 0.25) is 0 Å². The summed E-state index contributed by atoms with van der Waals surface area (Å²) in [7, 11) is 2.10. The number of aromatic nitrogens is 1. The molecule has 2 rings (SSSR count). The number of carbonyl (C=O) groups is 1. The molecule has 1 aromatic rings. The van der Waals surface area contributed by atoms with Crippen LogP contribution in [0.25, 0.3) is 0 Å². The Morgan fingerprint density at radius 1 is 1.37 bits per heavy atom. The SMILES string of the molecule is C[C@@H]1CN(C)CC[C@@H]1CCC(=O)C(C)(C)COc1ncccc1C(F)(F)F. The molecule has 27 heavy (non-hydrogen) atoms. The maximum absolute atomic E-state index is 13.0. The van der Waals surface area contributed by atoms with E-state index in [-0.39, 0.29) is 12.4 Å². The molecule has 7 heteroatoms. The van der Waals surface area contributed by atoms with Gasteiger partial charge in [-0.1, -0.05) is 6.92 Å². The highest BCUT2D eigenvalue weighted by Gasteiger charge is 2.36. The van der Waals surface area contributed by atoms with Crippen molar-refractivity contribution in [3.8, 4) is 5.88 Å². The first-order valence-electron chi connectivity index (χ1n) is 9.37. The molecule has 0 unspecified atom stereocenters. The molecule has 0 N–H and O–H groups in total. The molecular weight excluding hydrogens is 357 g/mol. The van der Waals surface area contributed by atoms with Crippen LogP contribution in [-0.2, 0) is 11.0 Å². The molecule has 0 amide bonds. The van der Waals surface area contributed by atoms with E-state index in [1.807, 2.05) is 0 Å². The summed E-state index contributed by atoms with van der Waals surface area (Å²) >= 11 is 0. The van der Waals surface area contributed by atoms with E-state index in [4.69, 9.17) is 4.74 Å². The van der Waals surface area contributed by atoms with E-state index in [2.05, 4.69) is 23.9 Å². The summed E-state index contributed by atoms with van der Waals surface area (Å²) in [6.07, 6.45) is -0.980. The quantitative estimate of drug-likeness (QED) is 0.695. The second kappa shape index (κ2) is 8.59. The number of pyridine rings is 1. The van der Waals surface area contributed by atoms with Gasteiger partial charge in [0.25, 0.3) is 0 Å². The van der Waals surface area contributed by atoms with Crippen LogP contribution in [0.3, 0.4) is 0 Å². The van der Waals surface area contributed by atoms with Crippen LogP contribution in [0.4, 0.5) is 13.2 Å². The molecule has 1 saturated heterocycles. The monoisotopic (exact) mass is 386 g/mol. The average Bonchev–Trinajstić information content (AvgIpc) is 2.58. The van der Waals surface area contributed by atoms with E-state index < -0.39 is 23.0 Å². The highest BCUT2D eigenvalue weighted by atomic mass is 19.4. The van der Waals surface area contributed by atoms with Gasteiger partial charge >= 0.3 is 6.18 Å². The number of alkyl halides is 3. The molecule has 1 aliphatic heterocycles. The van der Waals surface area contributed by atoms with Crippen LogP contribution in [-0.4, -0.2) is 42.4 Å². The molecule has 0 spiro atoms. The van der Waals surface area contributed by atoms with Crippen LogP contribution in [0.5, 0.6) is 5.88 Å². The summed E-state index contributed by atoms with van der Waals surface area (Å²) in [6, 6.07) is 2.15. The zero-order chi connectivity index (χ0) is 20.2. The van der Waals surface area contributed by atoms with Crippen molar-refractivity contribution in [1.29, 1.82) is 0 Å². The highest BCUT2D eigenvalue weighted by Crippen LogP contribution is 2.35. The fourth-order valence-corrected chi connectivity index (χ4v) is 3.54. The lowest BCUT2D eigenvalue weighted by atomic mass is 9.80.